The summed E-state index contributed by atoms with van der Waals surface area (Å²) in [4.78, 5) is 16.1. The third kappa shape index (κ3) is 4.85. The molecule has 0 spiro atoms. The molecule has 11 heteroatoms. The Morgan fingerprint density at radius 3 is 2.43 bits per heavy atom. The third-order valence-corrected chi connectivity index (χ3v) is 5.68. The molecule has 0 bridgehead atoms. The summed E-state index contributed by atoms with van der Waals surface area (Å²) in [5.74, 6) is -1.90. The number of rotatable bonds is 5. The molecule has 0 saturated carbocycles. The van der Waals surface area contributed by atoms with Crippen LogP contribution in [0.15, 0.2) is 62.3 Å². The summed E-state index contributed by atoms with van der Waals surface area (Å²) in [6, 6.07) is 12.5. The molecular weight excluding hydrogens is 423 g/mol. The number of aromatic nitrogens is 2. The lowest BCUT2D eigenvalue weighted by Gasteiger charge is -2.09. The fourth-order valence-electron chi connectivity index (χ4n) is 2.58. The highest BCUT2D eigenvalue weighted by molar-refractivity contribution is 7.93. The number of halogens is 3. The summed E-state index contributed by atoms with van der Waals surface area (Å²) < 4.78 is 63.7. The van der Waals surface area contributed by atoms with E-state index in [1.54, 1.807) is 24.3 Å². The maximum Gasteiger partial charge on any atom is 0.471 e. The molecule has 0 fully saturated rings. The minimum absolute atomic E-state index is 0.0169. The first kappa shape index (κ1) is 21.5. The van der Waals surface area contributed by atoms with E-state index in [2.05, 4.69) is 19.0 Å². The molecule has 0 N–H and O–H groups in total. The van der Waals surface area contributed by atoms with Crippen LogP contribution in [0.3, 0.4) is 0 Å². The molecule has 1 heterocycles. The lowest BCUT2D eigenvalue weighted by Crippen LogP contribution is -2.06. The van der Waals surface area contributed by atoms with E-state index in [1.165, 1.54) is 37.6 Å². The van der Waals surface area contributed by atoms with Gasteiger partial charge in [0.05, 0.1) is 21.7 Å². The zero-order chi connectivity index (χ0) is 21.9. The van der Waals surface area contributed by atoms with Crippen molar-refractivity contribution in [2.75, 3.05) is 13.4 Å². The summed E-state index contributed by atoms with van der Waals surface area (Å²) in [5, 5.41) is 3.29. The van der Waals surface area contributed by atoms with Gasteiger partial charge in [-0.05, 0) is 29.8 Å². The summed E-state index contributed by atoms with van der Waals surface area (Å²) in [6.07, 6.45) is -3.39. The van der Waals surface area contributed by atoms with Gasteiger partial charge in [-0.25, -0.2) is 4.21 Å². The van der Waals surface area contributed by atoms with Crippen LogP contribution in [0.25, 0.3) is 0 Å². The van der Waals surface area contributed by atoms with Crippen molar-refractivity contribution < 1.29 is 31.4 Å². The second-order valence-corrected chi connectivity index (χ2v) is 8.46. The van der Waals surface area contributed by atoms with E-state index in [0.717, 1.165) is 0 Å². The highest BCUT2D eigenvalue weighted by Crippen LogP contribution is 2.28. The smallest absolute Gasteiger partial charge is 0.471 e. The fourth-order valence-corrected chi connectivity index (χ4v) is 3.96. The number of carbonyl (C=O) groups is 1. The Bertz CT molecular complexity index is 1180. The Morgan fingerprint density at radius 2 is 1.83 bits per heavy atom. The van der Waals surface area contributed by atoms with Gasteiger partial charge in [0.1, 0.15) is 5.75 Å². The van der Waals surface area contributed by atoms with Crippen LogP contribution in [0.2, 0.25) is 0 Å². The van der Waals surface area contributed by atoms with Crippen LogP contribution in [-0.2, 0) is 22.3 Å². The van der Waals surface area contributed by atoms with Gasteiger partial charge in [0.2, 0.25) is 0 Å². The molecule has 0 aliphatic carbocycles. The van der Waals surface area contributed by atoms with E-state index in [4.69, 9.17) is 4.74 Å². The Labute approximate surface area is 170 Å². The van der Waals surface area contributed by atoms with Crippen LogP contribution >= 0.6 is 0 Å². The Balaban J connectivity index is 1.79. The van der Waals surface area contributed by atoms with Gasteiger partial charge in [0, 0.05) is 18.2 Å². The van der Waals surface area contributed by atoms with E-state index in [9.17, 15) is 22.2 Å². The second kappa shape index (κ2) is 8.27. The van der Waals surface area contributed by atoms with Crippen molar-refractivity contribution in [2.45, 2.75) is 17.5 Å². The predicted octanol–water partition coefficient (Wildman–Crippen LogP) is 3.98. The van der Waals surface area contributed by atoms with Crippen molar-refractivity contribution in [1.29, 1.82) is 0 Å². The maximum absolute atomic E-state index is 13.0. The van der Waals surface area contributed by atoms with Gasteiger partial charge in [-0.1, -0.05) is 29.4 Å². The second-order valence-electron chi connectivity index (χ2n) is 6.24. The van der Waals surface area contributed by atoms with Crippen molar-refractivity contribution in [3.8, 4) is 5.75 Å². The van der Waals surface area contributed by atoms with Gasteiger partial charge in [-0.2, -0.15) is 22.5 Å². The van der Waals surface area contributed by atoms with E-state index < -0.39 is 27.7 Å². The minimum atomic E-state index is -4.71. The number of para-hydroxylation sites is 1. The van der Waals surface area contributed by atoms with Gasteiger partial charge in [-0.15, -0.1) is 0 Å². The summed E-state index contributed by atoms with van der Waals surface area (Å²) in [7, 11) is -1.63. The number of amides is 1. The van der Waals surface area contributed by atoms with E-state index in [0.29, 0.717) is 16.2 Å². The maximum atomic E-state index is 13.0. The topological polar surface area (TPSA) is 94.7 Å². The van der Waals surface area contributed by atoms with E-state index in [1.807, 2.05) is 0 Å². The summed E-state index contributed by atoms with van der Waals surface area (Å²) in [5.41, 5.74) is 0.732. The first-order chi connectivity index (χ1) is 14.1. The molecule has 1 aromatic heterocycles. The van der Waals surface area contributed by atoms with Crippen molar-refractivity contribution in [3.63, 3.8) is 0 Å². The molecule has 1 unspecified atom stereocenters. The van der Waals surface area contributed by atoms with Crippen LogP contribution in [0.1, 0.15) is 27.6 Å². The largest absolute Gasteiger partial charge is 0.495 e. The zero-order valence-electron chi connectivity index (χ0n) is 15.8. The molecule has 30 heavy (non-hydrogen) atoms. The van der Waals surface area contributed by atoms with Crippen LogP contribution in [0, 0.1) is 0 Å². The van der Waals surface area contributed by atoms with Crippen LogP contribution in [-0.4, -0.2) is 33.6 Å². The van der Waals surface area contributed by atoms with Gasteiger partial charge in [0.25, 0.3) is 5.91 Å². The van der Waals surface area contributed by atoms with Crippen LogP contribution < -0.4 is 4.74 Å². The number of benzene rings is 2. The number of nitrogens with zero attached hydrogens (tertiary/aromatic N) is 3. The van der Waals surface area contributed by atoms with Gasteiger partial charge >= 0.3 is 12.1 Å². The van der Waals surface area contributed by atoms with Crippen molar-refractivity contribution in [3.05, 3.63) is 71.4 Å². The molecule has 158 valence electrons. The number of carbonyl (C=O) groups excluding carboxylic acids is 1. The first-order valence-electron chi connectivity index (χ1n) is 8.48. The molecular formula is C19H16F3N3O4S. The average molecular weight is 439 g/mol. The molecule has 0 aliphatic heterocycles. The zero-order valence-corrected chi connectivity index (χ0v) is 16.7. The highest BCUT2D eigenvalue weighted by Gasteiger charge is 2.38. The lowest BCUT2D eigenvalue weighted by atomic mass is 10.1. The Hall–Kier alpha value is -3.21. The van der Waals surface area contributed by atoms with Crippen molar-refractivity contribution in [1.82, 2.24) is 10.1 Å². The van der Waals surface area contributed by atoms with Gasteiger partial charge < -0.3 is 9.26 Å². The Kier molecular flexibility index (Phi) is 5.92. The molecule has 7 nitrogen and oxygen atoms in total. The molecule has 0 saturated heterocycles. The number of methoxy groups -OCH3 is 1. The molecule has 2 aromatic carbocycles. The van der Waals surface area contributed by atoms with E-state index >= 15 is 0 Å². The molecule has 1 amide bonds. The molecule has 3 rings (SSSR count). The fraction of sp³-hybridized carbons (Fsp3) is 0.211. The lowest BCUT2D eigenvalue weighted by molar-refractivity contribution is -0.159. The standard InChI is InChI=1S/C19H16F3N3O4S/c1-28-14-5-3-4-6-15(14)30(2,27)25-17(26)13-9-7-12(8-10-13)11-16-23-18(29-24-16)19(20,21)22/h3-10H,11H2,1-2H3. The van der Waals surface area contributed by atoms with Crippen molar-refractivity contribution in [2.24, 2.45) is 4.36 Å². The Morgan fingerprint density at radius 1 is 1.17 bits per heavy atom. The SMILES string of the molecule is COc1ccccc1S(C)(=O)=NC(=O)c1ccc(Cc2noc(C(F)(F)F)n2)cc1. The molecule has 1 atom stereocenters. The van der Waals surface area contributed by atoms with E-state index in [-0.39, 0.29) is 17.8 Å². The minimum Gasteiger partial charge on any atom is -0.495 e. The number of hydrogen-bond acceptors (Lipinski definition) is 6. The summed E-state index contributed by atoms with van der Waals surface area (Å²) >= 11 is 0. The van der Waals surface area contributed by atoms with Crippen LogP contribution in [0.4, 0.5) is 13.2 Å². The molecule has 3 aromatic rings. The van der Waals surface area contributed by atoms with Crippen molar-refractivity contribution >= 4 is 15.6 Å². The van der Waals surface area contributed by atoms with Crippen LogP contribution in [0.5, 0.6) is 5.75 Å². The number of alkyl halides is 3. The number of hydrogen-bond donors (Lipinski definition) is 0. The third-order valence-electron chi connectivity index (χ3n) is 4.01. The monoisotopic (exact) mass is 439 g/mol. The first-order valence-corrected chi connectivity index (χ1v) is 10.4. The average Bonchev–Trinajstić information content (AvgIpc) is 3.17. The normalized spacial score (nSPS) is 13.5. The number of ether oxygens (including phenoxy) is 1. The predicted molar refractivity (Wildman–Crippen MR) is 101 cm³/mol. The molecule has 0 aliphatic rings. The highest BCUT2D eigenvalue weighted by atomic mass is 32.2. The summed E-state index contributed by atoms with van der Waals surface area (Å²) in [6.45, 7) is 0. The van der Waals surface area contributed by atoms with Gasteiger partial charge in [0.15, 0.2) is 5.82 Å². The van der Waals surface area contributed by atoms with Gasteiger partial charge in [-0.3, -0.25) is 4.79 Å². The molecule has 0 radical (unpaired) electrons. The quantitative estimate of drug-likeness (QED) is 0.597.